The number of unbranched alkanes of at least 4 members (excludes halogenated alkanes) is 6. The number of amides is 1. The van der Waals surface area contributed by atoms with Gasteiger partial charge < -0.3 is 37.7 Å². The summed E-state index contributed by atoms with van der Waals surface area (Å²) in [7, 11) is 0. The second-order valence-corrected chi connectivity index (χ2v) is 15.2. The number of nitrogens with zero attached hydrogens (tertiary/aromatic N) is 3. The molecule has 0 saturated heterocycles. The zero-order valence-electron chi connectivity index (χ0n) is 39.4. The summed E-state index contributed by atoms with van der Waals surface area (Å²) in [5, 5.41) is 31.4. The predicted molar refractivity (Wildman–Crippen MR) is 266 cm³/mol. The van der Waals surface area contributed by atoms with Crippen LogP contribution in [0.4, 0.5) is 5.69 Å². The monoisotopic (exact) mass is 873 g/mol. The Morgan fingerprint density at radius 3 is 2.08 bits per heavy atom. The molecule has 1 unspecified atom stereocenters. The number of hydrogen-bond donors (Lipinski definition) is 10. The normalized spacial score (nSPS) is 11.5. The Morgan fingerprint density at radius 1 is 0.857 bits per heavy atom. The van der Waals surface area contributed by atoms with Gasteiger partial charge in [0.15, 0.2) is 0 Å². The molecule has 0 radical (unpaired) electrons. The van der Waals surface area contributed by atoms with Crippen LogP contribution in [0.2, 0.25) is 0 Å². The Hall–Kier alpha value is -5.73. The van der Waals surface area contributed by atoms with Gasteiger partial charge in [-0.3, -0.25) is 20.9 Å². The number of hydrogen-bond acceptors (Lipinski definition) is 12. The molecule has 2 rings (SSSR count). The number of nitrogens with two attached hydrogens (primary N) is 3. The lowest BCUT2D eigenvalue weighted by atomic mass is 10.1. The Kier molecular flexibility index (Phi) is 34.5. The summed E-state index contributed by atoms with van der Waals surface area (Å²) < 4.78 is 0. The molecule has 0 saturated carbocycles. The van der Waals surface area contributed by atoms with Crippen LogP contribution in [0.25, 0.3) is 0 Å². The highest BCUT2D eigenvalue weighted by atomic mass is 16.5. The quantitative estimate of drug-likeness (QED) is 0.0107. The van der Waals surface area contributed by atoms with Gasteiger partial charge in [0.05, 0.1) is 25.7 Å². The van der Waals surface area contributed by atoms with Crippen molar-refractivity contribution in [1.82, 2.24) is 31.9 Å². The highest BCUT2D eigenvalue weighted by Gasteiger charge is 2.07. The first-order valence-electron chi connectivity index (χ1n) is 22.6. The molecule has 352 valence electrons. The van der Waals surface area contributed by atoms with E-state index in [1.165, 1.54) is 25.0 Å². The van der Waals surface area contributed by atoms with Crippen molar-refractivity contribution in [3.8, 4) is 0 Å². The van der Waals surface area contributed by atoms with Crippen LogP contribution < -0.4 is 49.5 Å². The molecule has 13 N–H and O–H groups in total. The van der Waals surface area contributed by atoms with Crippen molar-refractivity contribution in [3.63, 3.8) is 0 Å². The van der Waals surface area contributed by atoms with Gasteiger partial charge in [-0.2, -0.15) is 5.11 Å². The largest absolute Gasteiger partial charge is 0.403 e. The number of nitrogens with one attached hydrogen (secondary N) is 6. The maximum absolute atomic E-state index is 12.4. The topological polar surface area (TPSA) is 216 Å². The van der Waals surface area contributed by atoms with Crippen molar-refractivity contribution >= 4 is 11.6 Å². The average molecular weight is 873 g/mol. The van der Waals surface area contributed by atoms with Crippen LogP contribution in [0.15, 0.2) is 132 Å². The van der Waals surface area contributed by atoms with Crippen molar-refractivity contribution in [2.45, 2.75) is 131 Å². The zero-order chi connectivity index (χ0) is 47.1. The average Bonchev–Trinajstić information content (AvgIpc) is 3.27. The maximum Gasteiger partial charge on any atom is 0.251 e. The molecule has 2 aromatic rings. The molecule has 0 aliphatic heterocycles. The third-order valence-electron chi connectivity index (χ3n) is 9.34. The Labute approximate surface area is 380 Å². The summed E-state index contributed by atoms with van der Waals surface area (Å²) in [6, 6.07) is 15.4. The van der Waals surface area contributed by atoms with Crippen LogP contribution in [-0.4, -0.2) is 48.3 Å². The predicted octanol–water partition coefficient (Wildman–Crippen LogP) is 9.31. The van der Waals surface area contributed by atoms with Crippen LogP contribution in [0.5, 0.6) is 0 Å². The van der Waals surface area contributed by atoms with Gasteiger partial charge in [0.1, 0.15) is 0 Å². The van der Waals surface area contributed by atoms with E-state index in [9.17, 15) is 4.79 Å². The molecule has 0 fully saturated rings. The molecule has 0 heterocycles. The molecule has 63 heavy (non-hydrogen) atoms. The number of hydroxylamine groups is 1. The highest BCUT2D eigenvalue weighted by molar-refractivity contribution is 5.94. The number of carbonyl (C=O) groups is 1. The first kappa shape index (κ1) is 57.3. The molecule has 14 nitrogen and oxygen atoms in total. The van der Waals surface area contributed by atoms with E-state index >= 15 is 0 Å². The first-order valence-corrected chi connectivity index (χ1v) is 22.6. The molecule has 2 aromatic carbocycles. The summed E-state index contributed by atoms with van der Waals surface area (Å²) in [5.74, 6) is 6.21. The molecule has 14 heteroatoms. The number of allylic oxidation sites excluding steroid dienone is 6. The highest BCUT2D eigenvalue weighted by Crippen LogP contribution is 2.14. The minimum atomic E-state index is -0.0800. The number of anilines is 1. The van der Waals surface area contributed by atoms with Gasteiger partial charge in [-0.05, 0) is 108 Å². The molecule has 0 bridgehead atoms. The fourth-order valence-electron chi connectivity index (χ4n) is 5.79. The van der Waals surface area contributed by atoms with Gasteiger partial charge in [-0.15, -0.1) is 6.58 Å². The summed E-state index contributed by atoms with van der Waals surface area (Å²) in [5.41, 5.74) is 24.8. The molecule has 1 atom stereocenters. The van der Waals surface area contributed by atoms with Gasteiger partial charge >= 0.3 is 0 Å². The van der Waals surface area contributed by atoms with E-state index < -0.39 is 0 Å². The molecular weight excluding hydrogens is 789 g/mol. The molecule has 1 amide bonds. The van der Waals surface area contributed by atoms with Crippen molar-refractivity contribution in [2.75, 3.05) is 31.5 Å². The van der Waals surface area contributed by atoms with Gasteiger partial charge in [0, 0.05) is 65.6 Å². The molecule has 0 aromatic heterocycles. The maximum atomic E-state index is 12.4. The van der Waals surface area contributed by atoms with Crippen LogP contribution in [0.3, 0.4) is 0 Å². The van der Waals surface area contributed by atoms with Crippen molar-refractivity contribution in [2.24, 2.45) is 27.6 Å². The second kappa shape index (κ2) is 38.0. The minimum absolute atomic E-state index is 0.0800. The molecule has 0 spiro atoms. The van der Waals surface area contributed by atoms with Crippen LogP contribution in [0.1, 0.15) is 133 Å². The van der Waals surface area contributed by atoms with Crippen LogP contribution in [-0.2, 0) is 13.1 Å². The summed E-state index contributed by atoms with van der Waals surface area (Å²) in [6.07, 6.45) is 18.1. The van der Waals surface area contributed by atoms with E-state index in [-0.39, 0.29) is 11.9 Å². The fourth-order valence-corrected chi connectivity index (χ4v) is 5.79. The number of rotatable bonds is 33. The van der Waals surface area contributed by atoms with Crippen molar-refractivity contribution in [3.05, 3.63) is 138 Å². The molecule has 0 aliphatic carbocycles. The second-order valence-electron chi connectivity index (χ2n) is 15.2. The van der Waals surface area contributed by atoms with Crippen molar-refractivity contribution in [1.29, 1.82) is 0 Å². The third kappa shape index (κ3) is 31.7. The van der Waals surface area contributed by atoms with E-state index in [4.69, 9.17) is 22.5 Å². The number of benzene rings is 2. The fraction of sp³-hybridized carbons (Fsp3) is 0.490. The van der Waals surface area contributed by atoms with E-state index in [1.54, 1.807) is 23.3 Å². The lowest BCUT2D eigenvalue weighted by Gasteiger charge is -2.17. The summed E-state index contributed by atoms with van der Waals surface area (Å²) >= 11 is 0. The zero-order valence-corrected chi connectivity index (χ0v) is 39.4. The van der Waals surface area contributed by atoms with Crippen LogP contribution >= 0.6 is 0 Å². The lowest BCUT2D eigenvalue weighted by Crippen LogP contribution is -2.32. The first-order chi connectivity index (χ1) is 30.4. The van der Waals surface area contributed by atoms with Gasteiger partial charge in [-0.25, -0.2) is 5.84 Å². The molecule has 0 aliphatic rings. The van der Waals surface area contributed by atoms with Crippen LogP contribution in [0, 0.1) is 0 Å². The van der Waals surface area contributed by atoms with Gasteiger partial charge in [0.25, 0.3) is 5.91 Å². The standard InChI is InChI=1S/C36H56N10O.C11H22N2O.C2H6/c1-5-7-17-34(6-2)41-23-29(4)44-45-43-24-31-15-11-12-16-32(31)26-46(39)27-33(38)25-42-35-20-18-30(19-21-35)36(47)40-22-13-9-8-10-14-28(3)37;1-10(2)12-9-7-5-4-6-8-11(3)13-14;1-2/h5-6,11-12,15-16,18-21,27,29,41-42H,1,3,7-10,13-14,17,22-26,37-39H2,2,4H3,(H,40,47)(H,43,44);12-14H,1,3-9H2,2H3;1-2H3/b33-27-,34-6+;;. The van der Waals surface area contributed by atoms with Crippen molar-refractivity contribution < 1.29 is 10.0 Å². The SMILES string of the molecule is C=C(C)NCCCCCCC(=C)NO.C=CCC/C(=C\C)NCC(C)NN=NCc1ccccc1CN(N)/C=C(\N)CNc1ccc(C(=O)NCCCCCCC(=C)N)cc1.CC. The van der Waals surface area contributed by atoms with E-state index in [1.807, 2.05) is 70.2 Å². The Bertz CT molecular complexity index is 1660. The third-order valence-corrected chi connectivity index (χ3v) is 9.34. The summed E-state index contributed by atoms with van der Waals surface area (Å²) in [4.78, 5) is 12.4. The van der Waals surface area contributed by atoms with E-state index in [0.717, 1.165) is 99.1 Å². The molecular formula is C49H84N12O2. The van der Waals surface area contributed by atoms with Gasteiger partial charge in [0.2, 0.25) is 0 Å². The summed E-state index contributed by atoms with van der Waals surface area (Å²) in [6.45, 7) is 28.7. The Balaban J connectivity index is 0.00000203. The number of carbonyl (C=O) groups excluding carboxylic acids is 1. The Morgan fingerprint density at radius 2 is 1.48 bits per heavy atom. The van der Waals surface area contributed by atoms with E-state index in [2.05, 4.69) is 81.8 Å². The van der Waals surface area contributed by atoms with E-state index in [0.29, 0.717) is 43.1 Å². The number of hydrazine groups is 1. The van der Waals surface area contributed by atoms with Gasteiger partial charge in [-0.1, -0.05) is 101 Å². The lowest BCUT2D eigenvalue weighted by molar-refractivity contribution is 0.0953. The smallest absolute Gasteiger partial charge is 0.251 e. The minimum Gasteiger partial charge on any atom is -0.403 e.